The summed E-state index contributed by atoms with van der Waals surface area (Å²) in [7, 11) is 0. The number of carbonyl (C=O) groups excluding carboxylic acids is 1. The van der Waals surface area contributed by atoms with Crippen molar-refractivity contribution in [2.75, 3.05) is 0 Å². The van der Waals surface area contributed by atoms with Crippen LogP contribution in [0, 0.1) is 0 Å². The summed E-state index contributed by atoms with van der Waals surface area (Å²) in [5.41, 5.74) is 3.26. The lowest BCUT2D eigenvalue weighted by Crippen LogP contribution is -2.27. The van der Waals surface area contributed by atoms with Crippen LogP contribution in [0.3, 0.4) is 0 Å². The van der Waals surface area contributed by atoms with E-state index in [2.05, 4.69) is 41.5 Å². The smallest absolute Gasteiger partial charge is 0.266 e. The number of nitrogens with zero attached hydrogens (tertiary/aromatic N) is 1. The first-order valence-electron chi connectivity index (χ1n) is 10.0. The zero-order chi connectivity index (χ0) is 22.3. The molecular weight excluding hydrogens is 410 g/mol. The van der Waals surface area contributed by atoms with Crippen LogP contribution in [0.5, 0.6) is 5.75 Å². The third-order valence-electron chi connectivity index (χ3n) is 5.10. The minimum Gasteiger partial charge on any atom is -0.507 e. The molecule has 1 amide bonds. The Morgan fingerprint density at radius 2 is 1.53 bits per heavy atom. The van der Waals surface area contributed by atoms with Crippen LogP contribution >= 0.6 is 24.0 Å². The molecular formula is C25H29NO2S2. The normalized spacial score (nSPS) is 16.6. The number of benzene rings is 2. The molecule has 0 bridgehead atoms. The summed E-state index contributed by atoms with van der Waals surface area (Å²) in [5.74, 6) is 0.264. The average molecular weight is 440 g/mol. The Balaban J connectivity index is 2.00. The molecule has 0 aromatic heterocycles. The molecule has 5 heteroatoms. The molecule has 1 N–H and O–H groups in total. The number of phenolic OH excluding ortho intramolecular Hbond substituents is 1. The Morgan fingerprint density at radius 1 is 1.00 bits per heavy atom. The lowest BCUT2D eigenvalue weighted by molar-refractivity contribution is -0.122. The minimum absolute atomic E-state index is 0.0726. The number of aromatic hydroxyl groups is 1. The summed E-state index contributed by atoms with van der Waals surface area (Å²) in [6.45, 7) is 13.0. The average Bonchev–Trinajstić information content (AvgIpc) is 2.89. The minimum atomic E-state index is -0.222. The molecule has 0 saturated carbocycles. The van der Waals surface area contributed by atoms with Crippen molar-refractivity contribution in [3.8, 4) is 5.75 Å². The van der Waals surface area contributed by atoms with Crippen molar-refractivity contribution in [3.63, 3.8) is 0 Å². The van der Waals surface area contributed by atoms with E-state index >= 15 is 0 Å². The van der Waals surface area contributed by atoms with Crippen molar-refractivity contribution >= 4 is 40.3 Å². The molecule has 1 heterocycles. The molecule has 0 unspecified atom stereocenters. The summed E-state index contributed by atoms with van der Waals surface area (Å²) in [5, 5.41) is 10.9. The van der Waals surface area contributed by atoms with Gasteiger partial charge in [-0.05, 0) is 40.2 Å². The lowest BCUT2D eigenvalue weighted by Gasteiger charge is -2.28. The first kappa shape index (κ1) is 22.6. The Hall–Kier alpha value is -2.11. The Kier molecular flexibility index (Phi) is 6.17. The molecule has 1 aliphatic rings. The van der Waals surface area contributed by atoms with Crippen molar-refractivity contribution in [2.45, 2.75) is 58.9 Å². The van der Waals surface area contributed by atoms with Gasteiger partial charge in [0.15, 0.2) is 0 Å². The monoisotopic (exact) mass is 439 g/mol. The topological polar surface area (TPSA) is 40.5 Å². The van der Waals surface area contributed by atoms with Gasteiger partial charge < -0.3 is 5.11 Å². The highest BCUT2D eigenvalue weighted by atomic mass is 32.2. The van der Waals surface area contributed by atoms with Crippen LogP contribution in [0.1, 0.15) is 63.8 Å². The number of carbonyl (C=O) groups is 1. The summed E-state index contributed by atoms with van der Waals surface area (Å²) >= 11 is 6.82. The summed E-state index contributed by atoms with van der Waals surface area (Å²) in [6.07, 6.45) is 1.90. The highest BCUT2D eigenvalue weighted by Crippen LogP contribution is 2.41. The van der Waals surface area contributed by atoms with E-state index in [0.717, 1.165) is 22.3 Å². The van der Waals surface area contributed by atoms with E-state index in [1.165, 1.54) is 11.8 Å². The standard InChI is InChI=1S/C25H29NO2S2/c1-24(2,3)18-12-17(13-19(21(18)27)25(4,5)6)14-20-22(28)26(23(29)30-20)15-16-10-8-7-9-11-16/h7-14,27H,15H2,1-6H3/b20-14+. The first-order valence-corrected chi connectivity index (χ1v) is 11.3. The van der Waals surface area contributed by atoms with E-state index in [-0.39, 0.29) is 16.7 Å². The van der Waals surface area contributed by atoms with Gasteiger partial charge in [0.25, 0.3) is 5.91 Å². The second-order valence-corrected chi connectivity index (χ2v) is 11.4. The molecule has 0 aliphatic carbocycles. The van der Waals surface area contributed by atoms with E-state index < -0.39 is 0 Å². The molecule has 2 aromatic carbocycles. The highest BCUT2D eigenvalue weighted by Gasteiger charge is 2.32. The van der Waals surface area contributed by atoms with Gasteiger partial charge in [0.1, 0.15) is 10.1 Å². The van der Waals surface area contributed by atoms with E-state index in [9.17, 15) is 9.90 Å². The van der Waals surface area contributed by atoms with Crippen molar-refractivity contribution < 1.29 is 9.90 Å². The van der Waals surface area contributed by atoms with Crippen LogP contribution in [-0.2, 0) is 22.2 Å². The van der Waals surface area contributed by atoms with Crippen molar-refractivity contribution in [2.24, 2.45) is 0 Å². The van der Waals surface area contributed by atoms with E-state index in [1.807, 2.05) is 48.5 Å². The van der Waals surface area contributed by atoms with E-state index in [4.69, 9.17) is 12.2 Å². The lowest BCUT2D eigenvalue weighted by atomic mass is 9.78. The number of rotatable bonds is 3. The van der Waals surface area contributed by atoms with Crippen LogP contribution in [0.4, 0.5) is 0 Å². The van der Waals surface area contributed by atoms with Crippen LogP contribution in [0.15, 0.2) is 47.4 Å². The predicted octanol–water partition coefficient (Wildman–Crippen LogP) is 6.39. The fourth-order valence-corrected chi connectivity index (χ4v) is 4.69. The van der Waals surface area contributed by atoms with Gasteiger partial charge in [0.2, 0.25) is 0 Å². The van der Waals surface area contributed by atoms with Crippen LogP contribution in [0.2, 0.25) is 0 Å². The molecule has 2 aromatic rings. The first-order chi connectivity index (χ1) is 13.9. The molecule has 1 fully saturated rings. The molecule has 1 aliphatic heterocycles. The third-order valence-corrected chi connectivity index (χ3v) is 6.48. The molecule has 0 spiro atoms. The van der Waals surface area contributed by atoms with E-state index in [0.29, 0.717) is 21.5 Å². The van der Waals surface area contributed by atoms with Gasteiger partial charge >= 0.3 is 0 Å². The molecule has 158 valence electrons. The Morgan fingerprint density at radius 3 is 2.03 bits per heavy atom. The fourth-order valence-electron chi connectivity index (χ4n) is 3.44. The van der Waals surface area contributed by atoms with Crippen molar-refractivity contribution in [1.82, 2.24) is 4.90 Å². The maximum atomic E-state index is 13.1. The molecule has 30 heavy (non-hydrogen) atoms. The molecule has 3 nitrogen and oxygen atoms in total. The zero-order valence-electron chi connectivity index (χ0n) is 18.4. The number of thioether (sulfide) groups is 1. The number of thiocarbonyl (C=S) groups is 1. The van der Waals surface area contributed by atoms with Crippen LogP contribution < -0.4 is 0 Å². The molecule has 0 radical (unpaired) electrons. The van der Waals surface area contributed by atoms with Crippen molar-refractivity contribution in [1.29, 1.82) is 0 Å². The Labute approximate surface area is 189 Å². The maximum absolute atomic E-state index is 13.1. The highest BCUT2D eigenvalue weighted by molar-refractivity contribution is 8.26. The molecule has 0 atom stereocenters. The second kappa shape index (κ2) is 8.20. The maximum Gasteiger partial charge on any atom is 0.266 e. The van der Waals surface area contributed by atoms with Crippen molar-refractivity contribution in [3.05, 3.63) is 69.6 Å². The zero-order valence-corrected chi connectivity index (χ0v) is 20.1. The largest absolute Gasteiger partial charge is 0.507 e. The van der Waals surface area contributed by atoms with Gasteiger partial charge in [0.05, 0.1) is 11.4 Å². The number of phenols is 1. The van der Waals surface area contributed by atoms with Crippen LogP contribution in [-0.4, -0.2) is 20.2 Å². The summed E-state index contributed by atoms with van der Waals surface area (Å²) < 4.78 is 0.570. The van der Waals surface area contributed by atoms with Gasteiger partial charge in [-0.25, -0.2) is 0 Å². The SMILES string of the molecule is CC(C)(C)c1cc(/C=C2/SC(=S)N(Cc3ccccc3)C2=O)cc(C(C)(C)C)c1O. The van der Waals surface area contributed by atoms with E-state index in [1.54, 1.807) is 4.90 Å². The quantitative estimate of drug-likeness (QED) is 0.444. The van der Waals surface area contributed by atoms with Gasteiger partial charge in [-0.3, -0.25) is 9.69 Å². The predicted molar refractivity (Wildman–Crippen MR) is 131 cm³/mol. The second-order valence-electron chi connectivity index (χ2n) is 9.72. The van der Waals surface area contributed by atoms with Gasteiger partial charge in [-0.2, -0.15) is 0 Å². The van der Waals surface area contributed by atoms with Gasteiger partial charge in [-0.15, -0.1) is 0 Å². The summed E-state index contributed by atoms with van der Waals surface area (Å²) in [6, 6.07) is 13.8. The number of hydrogen-bond acceptors (Lipinski definition) is 4. The Bertz CT molecular complexity index is 977. The molecule has 3 rings (SSSR count). The van der Waals surface area contributed by atoms with Crippen LogP contribution in [0.25, 0.3) is 6.08 Å². The fraction of sp³-hybridized carbons (Fsp3) is 0.360. The van der Waals surface area contributed by atoms with Gasteiger partial charge in [-0.1, -0.05) is 95.9 Å². The van der Waals surface area contributed by atoms with Gasteiger partial charge in [0, 0.05) is 11.1 Å². The molecule has 1 saturated heterocycles. The number of amides is 1. The number of hydrogen-bond donors (Lipinski definition) is 1. The summed E-state index contributed by atoms with van der Waals surface area (Å²) in [4.78, 5) is 15.3. The third kappa shape index (κ3) is 4.79.